The summed E-state index contributed by atoms with van der Waals surface area (Å²) in [5.41, 5.74) is 1.58. The van der Waals surface area contributed by atoms with E-state index >= 15 is 0 Å². The smallest absolute Gasteiger partial charge is 0.229 e. The van der Waals surface area contributed by atoms with Crippen molar-refractivity contribution >= 4 is 46.2 Å². The summed E-state index contributed by atoms with van der Waals surface area (Å²) >= 11 is 11.4. The maximum atomic E-state index is 12.3. The average molecular weight is 376 g/mol. The lowest BCUT2D eigenvalue weighted by atomic mass is 10.2. The van der Waals surface area contributed by atoms with Crippen LogP contribution in [0.25, 0.3) is 0 Å². The van der Waals surface area contributed by atoms with Gasteiger partial charge in [-0.15, -0.1) is 0 Å². The Kier molecular flexibility index (Phi) is 5.40. The van der Waals surface area contributed by atoms with Gasteiger partial charge in [0.25, 0.3) is 0 Å². The molecule has 1 heterocycles. The molecule has 1 aliphatic rings. The lowest BCUT2D eigenvalue weighted by Crippen LogP contribution is -2.39. The molecule has 5 nitrogen and oxygen atoms in total. The van der Waals surface area contributed by atoms with Gasteiger partial charge in [0.15, 0.2) is 5.11 Å². The van der Waals surface area contributed by atoms with E-state index in [0.29, 0.717) is 23.1 Å². The largest absolute Gasteiger partial charge is 0.497 e. The number of carbonyl (C=O) groups is 1. The summed E-state index contributed by atoms with van der Waals surface area (Å²) in [6, 6.07) is 14.7. The number of hydrogen-bond acceptors (Lipinski definition) is 3. The van der Waals surface area contributed by atoms with Gasteiger partial charge in [-0.2, -0.15) is 0 Å². The fourth-order valence-electron chi connectivity index (χ4n) is 2.72. The summed E-state index contributed by atoms with van der Waals surface area (Å²) in [5, 5.41) is 7.28. The van der Waals surface area contributed by atoms with Crippen LogP contribution in [0.15, 0.2) is 48.5 Å². The van der Waals surface area contributed by atoms with Gasteiger partial charge in [-0.05, 0) is 48.6 Å². The molecule has 2 aromatic carbocycles. The predicted molar refractivity (Wildman–Crippen MR) is 105 cm³/mol. The Balaban J connectivity index is 1.60. The Morgan fingerprint density at radius 1 is 1.24 bits per heavy atom. The number of anilines is 2. The highest BCUT2D eigenvalue weighted by molar-refractivity contribution is 7.80. The van der Waals surface area contributed by atoms with Gasteiger partial charge in [0.2, 0.25) is 5.91 Å². The predicted octanol–water partition coefficient (Wildman–Crippen LogP) is 3.44. The van der Waals surface area contributed by atoms with Gasteiger partial charge in [0, 0.05) is 18.7 Å². The van der Waals surface area contributed by atoms with E-state index in [1.807, 2.05) is 42.5 Å². The third-order valence-electron chi connectivity index (χ3n) is 3.97. The molecule has 0 saturated carbocycles. The van der Waals surface area contributed by atoms with Gasteiger partial charge in [-0.3, -0.25) is 4.79 Å². The van der Waals surface area contributed by atoms with Gasteiger partial charge in [0.05, 0.1) is 23.9 Å². The van der Waals surface area contributed by atoms with Gasteiger partial charge in [-0.1, -0.05) is 23.7 Å². The summed E-state index contributed by atoms with van der Waals surface area (Å²) in [4.78, 5) is 14.0. The fraction of sp³-hybridized carbons (Fsp3) is 0.222. The van der Waals surface area contributed by atoms with E-state index in [4.69, 9.17) is 28.6 Å². The summed E-state index contributed by atoms with van der Waals surface area (Å²) in [6.45, 7) is 0.551. The van der Waals surface area contributed by atoms with E-state index in [9.17, 15) is 4.79 Å². The van der Waals surface area contributed by atoms with Crippen molar-refractivity contribution in [2.75, 3.05) is 23.9 Å². The van der Waals surface area contributed by atoms with E-state index in [0.717, 1.165) is 17.1 Å². The number of para-hydroxylation sites is 1. The second kappa shape index (κ2) is 7.72. The highest BCUT2D eigenvalue weighted by Crippen LogP contribution is 2.24. The molecule has 2 aromatic rings. The molecule has 1 amide bonds. The minimum Gasteiger partial charge on any atom is -0.497 e. The molecule has 130 valence electrons. The number of nitrogens with zero attached hydrogens (tertiary/aromatic N) is 1. The van der Waals surface area contributed by atoms with Crippen molar-refractivity contribution in [3.05, 3.63) is 53.6 Å². The number of amides is 1. The highest BCUT2D eigenvalue weighted by atomic mass is 35.5. The third kappa shape index (κ3) is 4.21. The lowest BCUT2D eigenvalue weighted by Gasteiger charge is -2.19. The van der Waals surface area contributed by atoms with Crippen LogP contribution in [0.3, 0.4) is 0 Å². The van der Waals surface area contributed by atoms with Crippen molar-refractivity contribution in [3.63, 3.8) is 0 Å². The zero-order valence-corrected chi connectivity index (χ0v) is 15.2. The molecule has 25 heavy (non-hydrogen) atoms. The van der Waals surface area contributed by atoms with Crippen molar-refractivity contribution in [3.8, 4) is 5.75 Å². The standard InChI is InChI=1S/C18H18ClN3O2S/c1-24-14-8-6-13(7-9-14)22-11-12(10-17(22)23)20-18(25)21-16-5-3-2-4-15(16)19/h2-9,12H,10-11H2,1H3,(H2,20,21,25). The van der Waals surface area contributed by atoms with Gasteiger partial charge < -0.3 is 20.3 Å². The molecule has 2 N–H and O–H groups in total. The van der Waals surface area contributed by atoms with Crippen LogP contribution in [-0.4, -0.2) is 30.7 Å². The SMILES string of the molecule is COc1ccc(N2CC(NC(=S)Nc3ccccc3Cl)CC2=O)cc1. The van der Waals surface area contributed by atoms with Gasteiger partial charge in [-0.25, -0.2) is 0 Å². The Morgan fingerprint density at radius 2 is 1.96 bits per heavy atom. The van der Waals surface area contributed by atoms with E-state index in [2.05, 4.69) is 10.6 Å². The maximum Gasteiger partial charge on any atom is 0.229 e. The minimum atomic E-state index is -0.0583. The molecule has 1 fully saturated rings. The van der Waals surface area contributed by atoms with Crippen LogP contribution in [0.2, 0.25) is 5.02 Å². The first-order chi connectivity index (χ1) is 12.1. The van der Waals surface area contributed by atoms with E-state index in [1.165, 1.54) is 0 Å². The first-order valence-electron chi connectivity index (χ1n) is 7.83. The van der Waals surface area contributed by atoms with E-state index < -0.39 is 0 Å². The van der Waals surface area contributed by atoms with Crippen LogP contribution in [0.4, 0.5) is 11.4 Å². The molecule has 1 atom stereocenters. The Hall–Kier alpha value is -2.31. The molecule has 1 saturated heterocycles. The number of methoxy groups -OCH3 is 1. The number of rotatable bonds is 4. The number of ether oxygens (including phenoxy) is 1. The molecule has 0 aliphatic carbocycles. The third-order valence-corrected chi connectivity index (χ3v) is 4.52. The van der Waals surface area contributed by atoms with Crippen LogP contribution in [0.1, 0.15) is 6.42 Å². The average Bonchev–Trinajstić information content (AvgIpc) is 2.97. The molecular formula is C18H18ClN3O2S. The van der Waals surface area contributed by atoms with Crippen LogP contribution in [0, 0.1) is 0 Å². The van der Waals surface area contributed by atoms with Crippen LogP contribution < -0.4 is 20.3 Å². The quantitative estimate of drug-likeness (QED) is 0.802. The number of thiocarbonyl (C=S) groups is 1. The van der Waals surface area contributed by atoms with Crippen molar-refractivity contribution in [2.24, 2.45) is 0 Å². The lowest BCUT2D eigenvalue weighted by molar-refractivity contribution is -0.117. The zero-order valence-electron chi connectivity index (χ0n) is 13.7. The Labute approximate surface area is 156 Å². The first kappa shape index (κ1) is 17.5. The molecule has 1 unspecified atom stereocenters. The number of carbonyl (C=O) groups excluding carboxylic acids is 1. The second-order valence-corrected chi connectivity index (χ2v) is 6.50. The molecular weight excluding hydrogens is 358 g/mol. The van der Waals surface area contributed by atoms with E-state index in [-0.39, 0.29) is 11.9 Å². The number of halogens is 1. The van der Waals surface area contributed by atoms with Crippen LogP contribution in [-0.2, 0) is 4.79 Å². The molecule has 0 radical (unpaired) electrons. The topological polar surface area (TPSA) is 53.6 Å². The molecule has 3 rings (SSSR count). The number of nitrogens with one attached hydrogen (secondary N) is 2. The van der Waals surface area contributed by atoms with Crippen LogP contribution in [0.5, 0.6) is 5.75 Å². The summed E-state index contributed by atoms with van der Waals surface area (Å²) in [5.74, 6) is 0.818. The maximum absolute atomic E-state index is 12.3. The monoisotopic (exact) mass is 375 g/mol. The highest BCUT2D eigenvalue weighted by Gasteiger charge is 2.31. The fourth-order valence-corrected chi connectivity index (χ4v) is 3.18. The zero-order chi connectivity index (χ0) is 17.8. The van der Waals surface area contributed by atoms with Crippen LogP contribution >= 0.6 is 23.8 Å². The summed E-state index contributed by atoms with van der Waals surface area (Å²) < 4.78 is 5.15. The molecule has 0 aromatic heterocycles. The minimum absolute atomic E-state index is 0.0583. The number of benzene rings is 2. The van der Waals surface area contributed by atoms with Crippen molar-refractivity contribution in [2.45, 2.75) is 12.5 Å². The molecule has 0 bridgehead atoms. The molecule has 0 spiro atoms. The Bertz CT molecular complexity index is 782. The number of hydrogen-bond donors (Lipinski definition) is 2. The van der Waals surface area contributed by atoms with Crippen molar-refractivity contribution in [1.29, 1.82) is 0 Å². The van der Waals surface area contributed by atoms with E-state index in [1.54, 1.807) is 18.1 Å². The van der Waals surface area contributed by atoms with Gasteiger partial charge >= 0.3 is 0 Å². The van der Waals surface area contributed by atoms with Crippen molar-refractivity contribution in [1.82, 2.24) is 5.32 Å². The van der Waals surface area contributed by atoms with Crippen molar-refractivity contribution < 1.29 is 9.53 Å². The normalized spacial score (nSPS) is 16.6. The molecule has 1 aliphatic heterocycles. The van der Waals surface area contributed by atoms with Gasteiger partial charge in [0.1, 0.15) is 5.75 Å². The first-order valence-corrected chi connectivity index (χ1v) is 8.62. The second-order valence-electron chi connectivity index (χ2n) is 5.68. The summed E-state index contributed by atoms with van der Waals surface area (Å²) in [6.07, 6.45) is 0.385. The Morgan fingerprint density at radius 3 is 2.64 bits per heavy atom. The molecule has 7 heteroatoms. The summed E-state index contributed by atoms with van der Waals surface area (Å²) in [7, 11) is 1.61.